The number of anilines is 3. The second-order valence-electron chi connectivity index (χ2n) is 4.00. The molecule has 2 aromatic rings. The highest BCUT2D eigenvalue weighted by atomic mass is 79.9. The number of hydrogen-bond donors (Lipinski definition) is 2. The second kappa shape index (κ2) is 6.57. The first-order valence-corrected chi connectivity index (χ1v) is 7.21. The molecule has 0 aliphatic carbocycles. The van der Waals surface area contributed by atoms with Crippen molar-refractivity contribution >= 4 is 48.9 Å². The van der Waals surface area contributed by atoms with Crippen LogP contribution < -0.4 is 15.8 Å². The number of nitrogens with one attached hydrogen (secondary N) is 1. The van der Waals surface area contributed by atoms with Crippen molar-refractivity contribution in [3.63, 3.8) is 0 Å². The third-order valence-corrected chi connectivity index (χ3v) is 3.67. The van der Waals surface area contributed by atoms with Crippen molar-refractivity contribution in [1.82, 2.24) is 0 Å². The molecule has 2 rings (SSSR count). The van der Waals surface area contributed by atoms with E-state index in [1.807, 2.05) is 0 Å². The number of hydrogen-bond acceptors (Lipinski definition) is 3. The fourth-order valence-electron chi connectivity index (χ4n) is 1.60. The van der Waals surface area contributed by atoms with Gasteiger partial charge in [0.05, 0.1) is 17.1 Å². The van der Waals surface area contributed by atoms with E-state index in [4.69, 9.17) is 5.73 Å². The Balaban J connectivity index is 2.34. The van der Waals surface area contributed by atoms with Crippen molar-refractivity contribution in [3.8, 4) is 5.75 Å². The molecule has 0 fully saturated rings. The largest absolute Gasteiger partial charge is 0.432 e. The van der Waals surface area contributed by atoms with E-state index in [9.17, 15) is 13.2 Å². The van der Waals surface area contributed by atoms with Crippen molar-refractivity contribution in [2.45, 2.75) is 6.61 Å². The molecule has 0 aliphatic rings. The quantitative estimate of drug-likeness (QED) is 0.655. The molecule has 0 aliphatic heterocycles. The van der Waals surface area contributed by atoms with Crippen molar-refractivity contribution in [2.24, 2.45) is 0 Å². The maximum absolute atomic E-state index is 13.5. The van der Waals surface area contributed by atoms with E-state index < -0.39 is 18.2 Å². The zero-order valence-electron chi connectivity index (χ0n) is 10.3. The Hall–Kier alpha value is -1.41. The van der Waals surface area contributed by atoms with Gasteiger partial charge in [-0.25, -0.2) is 4.39 Å². The first-order chi connectivity index (χ1) is 9.86. The van der Waals surface area contributed by atoms with Gasteiger partial charge in [-0.3, -0.25) is 0 Å². The van der Waals surface area contributed by atoms with Gasteiger partial charge >= 0.3 is 6.61 Å². The predicted octanol–water partition coefficient (Wildman–Crippen LogP) is 5.28. The molecular formula is C13H9Br2F3N2O. The lowest BCUT2D eigenvalue weighted by molar-refractivity contribution is -0.0521. The lowest BCUT2D eigenvalue weighted by atomic mass is 10.2. The number of halogens is 5. The molecule has 3 N–H and O–H groups in total. The smallest absolute Gasteiger partial charge is 0.387 e. The minimum atomic E-state index is -3.12. The molecule has 21 heavy (non-hydrogen) atoms. The highest BCUT2D eigenvalue weighted by molar-refractivity contribution is 9.11. The van der Waals surface area contributed by atoms with Crippen LogP contribution in [0.1, 0.15) is 0 Å². The molecule has 2 aromatic carbocycles. The SMILES string of the molecule is Nc1cc(F)c(OC(F)F)cc1Nc1ccc(Br)cc1Br. The van der Waals surface area contributed by atoms with Crippen LogP contribution in [0.15, 0.2) is 39.3 Å². The van der Waals surface area contributed by atoms with Crippen LogP contribution in [-0.2, 0) is 0 Å². The van der Waals surface area contributed by atoms with E-state index in [0.717, 1.165) is 21.1 Å². The summed E-state index contributed by atoms with van der Waals surface area (Å²) in [6.07, 6.45) is 0. The number of nitrogens with two attached hydrogens (primary N) is 1. The summed E-state index contributed by atoms with van der Waals surface area (Å²) in [5, 5.41) is 2.92. The first-order valence-electron chi connectivity index (χ1n) is 5.62. The lowest BCUT2D eigenvalue weighted by Gasteiger charge is -2.14. The molecule has 112 valence electrons. The molecule has 0 bridgehead atoms. The Bertz CT molecular complexity index is 668. The molecule has 0 radical (unpaired) electrons. The molecule has 0 unspecified atom stereocenters. The summed E-state index contributed by atoms with van der Waals surface area (Å²) < 4.78 is 43.6. The van der Waals surface area contributed by atoms with Gasteiger partial charge in [0.2, 0.25) is 0 Å². The van der Waals surface area contributed by atoms with Crippen LogP contribution in [0, 0.1) is 5.82 Å². The zero-order valence-corrected chi connectivity index (χ0v) is 13.5. The molecule has 0 saturated carbocycles. The van der Waals surface area contributed by atoms with Gasteiger partial charge in [0.25, 0.3) is 0 Å². The van der Waals surface area contributed by atoms with Crippen LogP contribution in [0.5, 0.6) is 5.75 Å². The molecular weight excluding hydrogens is 417 g/mol. The number of nitrogen functional groups attached to an aromatic ring is 1. The predicted molar refractivity (Wildman–Crippen MR) is 82.6 cm³/mol. The summed E-state index contributed by atoms with van der Waals surface area (Å²) >= 11 is 6.65. The fraction of sp³-hybridized carbons (Fsp3) is 0.0769. The molecule has 0 amide bonds. The molecule has 0 saturated heterocycles. The molecule has 0 atom stereocenters. The van der Waals surface area contributed by atoms with Crippen molar-refractivity contribution in [2.75, 3.05) is 11.1 Å². The maximum Gasteiger partial charge on any atom is 0.387 e. The van der Waals surface area contributed by atoms with Crippen molar-refractivity contribution < 1.29 is 17.9 Å². The maximum atomic E-state index is 13.5. The summed E-state index contributed by atoms with van der Waals surface area (Å²) in [6.45, 7) is -3.12. The normalized spacial score (nSPS) is 10.8. The van der Waals surface area contributed by atoms with Gasteiger partial charge < -0.3 is 15.8 Å². The van der Waals surface area contributed by atoms with Gasteiger partial charge in [0.15, 0.2) is 11.6 Å². The van der Waals surface area contributed by atoms with E-state index in [-0.39, 0.29) is 11.4 Å². The molecule has 8 heteroatoms. The number of benzene rings is 2. The van der Waals surface area contributed by atoms with Gasteiger partial charge in [0, 0.05) is 21.1 Å². The molecule has 0 aromatic heterocycles. The second-order valence-corrected chi connectivity index (χ2v) is 5.77. The van der Waals surface area contributed by atoms with Crippen LogP contribution in [0.2, 0.25) is 0 Å². The van der Waals surface area contributed by atoms with E-state index in [2.05, 4.69) is 41.9 Å². The zero-order chi connectivity index (χ0) is 15.6. The number of rotatable bonds is 4. The Morgan fingerprint density at radius 1 is 1.10 bits per heavy atom. The summed E-state index contributed by atoms with van der Waals surface area (Å²) in [7, 11) is 0. The molecule has 3 nitrogen and oxygen atoms in total. The van der Waals surface area contributed by atoms with E-state index >= 15 is 0 Å². The fourth-order valence-corrected chi connectivity index (χ4v) is 2.75. The van der Waals surface area contributed by atoms with Gasteiger partial charge in [0.1, 0.15) is 0 Å². The third-order valence-electron chi connectivity index (χ3n) is 2.52. The summed E-state index contributed by atoms with van der Waals surface area (Å²) in [5.74, 6) is -1.52. The van der Waals surface area contributed by atoms with Gasteiger partial charge in [-0.15, -0.1) is 0 Å². The topological polar surface area (TPSA) is 47.3 Å². The number of ether oxygens (including phenoxy) is 1. The monoisotopic (exact) mass is 424 g/mol. The van der Waals surface area contributed by atoms with Crippen LogP contribution in [0.25, 0.3) is 0 Å². The summed E-state index contributed by atoms with van der Waals surface area (Å²) in [5.41, 5.74) is 6.65. The van der Waals surface area contributed by atoms with Crippen LogP contribution in [-0.4, -0.2) is 6.61 Å². The lowest BCUT2D eigenvalue weighted by Crippen LogP contribution is -2.06. The van der Waals surface area contributed by atoms with Crippen LogP contribution >= 0.6 is 31.9 Å². The van der Waals surface area contributed by atoms with Gasteiger partial charge in [-0.1, -0.05) is 15.9 Å². The average molecular weight is 426 g/mol. The molecule has 0 spiro atoms. The average Bonchev–Trinajstić information content (AvgIpc) is 2.37. The van der Waals surface area contributed by atoms with E-state index in [1.165, 1.54) is 0 Å². The highest BCUT2D eigenvalue weighted by Crippen LogP contribution is 2.34. The van der Waals surface area contributed by atoms with E-state index in [0.29, 0.717) is 5.69 Å². The van der Waals surface area contributed by atoms with Crippen LogP contribution in [0.3, 0.4) is 0 Å². The standard InChI is InChI=1S/C13H9Br2F3N2O/c14-6-1-2-10(7(15)3-6)20-11-5-12(21-13(17)18)8(16)4-9(11)19/h1-5,13,20H,19H2. The third kappa shape index (κ3) is 4.04. The van der Waals surface area contributed by atoms with Crippen molar-refractivity contribution in [3.05, 3.63) is 45.1 Å². The van der Waals surface area contributed by atoms with Gasteiger partial charge in [-0.2, -0.15) is 8.78 Å². The van der Waals surface area contributed by atoms with Gasteiger partial charge in [-0.05, 0) is 34.1 Å². The highest BCUT2D eigenvalue weighted by Gasteiger charge is 2.14. The Morgan fingerprint density at radius 2 is 1.81 bits per heavy atom. The summed E-state index contributed by atoms with van der Waals surface area (Å²) in [4.78, 5) is 0. The number of alkyl halides is 2. The minimum absolute atomic E-state index is 0.0731. The Labute approximate surface area is 135 Å². The first kappa shape index (κ1) is 16.0. The Kier molecular flexibility index (Phi) is 5.00. The summed E-state index contributed by atoms with van der Waals surface area (Å²) in [6, 6.07) is 7.32. The van der Waals surface area contributed by atoms with E-state index in [1.54, 1.807) is 18.2 Å². The molecule has 0 heterocycles. The van der Waals surface area contributed by atoms with Crippen LogP contribution in [0.4, 0.5) is 30.2 Å². The minimum Gasteiger partial charge on any atom is -0.432 e. The Morgan fingerprint density at radius 3 is 2.43 bits per heavy atom. The van der Waals surface area contributed by atoms with Crippen molar-refractivity contribution in [1.29, 1.82) is 0 Å².